The van der Waals surface area contributed by atoms with E-state index < -0.39 is 0 Å². The summed E-state index contributed by atoms with van der Waals surface area (Å²) >= 11 is 13.2. The SMILES string of the molecule is NN=C(N)SCc1c(Cl)cccc1Cl. The van der Waals surface area contributed by atoms with Crippen LogP contribution in [0.15, 0.2) is 23.3 Å². The van der Waals surface area contributed by atoms with Crippen molar-refractivity contribution in [3.63, 3.8) is 0 Å². The largest absolute Gasteiger partial charge is 0.377 e. The van der Waals surface area contributed by atoms with Crippen molar-refractivity contribution in [1.82, 2.24) is 0 Å². The van der Waals surface area contributed by atoms with Crippen molar-refractivity contribution in [1.29, 1.82) is 0 Å². The van der Waals surface area contributed by atoms with Gasteiger partial charge in [-0.3, -0.25) is 0 Å². The molecule has 1 aromatic carbocycles. The van der Waals surface area contributed by atoms with Gasteiger partial charge in [-0.05, 0) is 17.7 Å². The van der Waals surface area contributed by atoms with Crippen molar-refractivity contribution in [3.8, 4) is 0 Å². The molecule has 0 saturated carbocycles. The zero-order valence-corrected chi connectivity index (χ0v) is 9.53. The van der Waals surface area contributed by atoms with Gasteiger partial charge in [-0.2, -0.15) is 5.10 Å². The molecule has 3 nitrogen and oxygen atoms in total. The van der Waals surface area contributed by atoms with Crippen molar-refractivity contribution in [3.05, 3.63) is 33.8 Å². The van der Waals surface area contributed by atoms with Gasteiger partial charge in [-0.1, -0.05) is 41.0 Å². The molecular formula is C8H9Cl2N3S. The van der Waals surface area contributed by atoms with E-state index in [9.17, 15) is 0 Å². The summed E-state index contributed by atoms with van der Waals surface area (Å²) in [6, 6.07) is 5.34. The highest BCUT2D eigenvalue weighted by molar-refractivity contribution is 8.13. The molecule has 0 saturated heterocycles. The number of halogens is 2. The third kappa shape index (κ3) is 2.97. The monoisotopic (exact) mass is 249 g/mol. The number of benzene rings is 1. The predicted octanol–water partition coefficient (Wildman–Crippen LogP) is 2.42. The first-order valence-corrected chi connectivity index (χ1v) is 5.48. The van der Waals surface area contributed by atoms with Crippen LogP contribution >= 0.6 is 35.0 Å². The lowest BCUT2D eigenvalue weighted by atomic mass is 10.2. The summed E-state index contributed by atoms with van der Waals surface area (Å²) in [5, 5.41) is 4.88. The quantitative estimate of drug-likeness (QED) is 0.366. The summed E-state index contributed by atoms with van der Waals surface area (Å²) in [4.78, 5) is 0. The molecule has 1 rings (SSSR count). The minimum absolute atomic E-state index is 0.306. The zero-order valence-electron chi connectivity index (χ0n) is 7.21. The highest BCUT2D eigenvalue weighted by atomic mass is 35.5. The minimum atomic E-state index is 0.306. The number of hydrogen-bond donors (Lipinski definition) is 2. The maximum atomic E-state index is 5.95. The highest BCUT2D eigenvalue weighted by Gasteiger charge is 2.06. The second kappa shape index (κ2) is 5.34. The minimum Gasteiger partial charge on any atom is -0.377 e. The second-order valence-electron chi connectivity index (χ2n) is 2.46. The van der Waals surface area contributed by atoms with E-state index in [-0.39, 0.29) is 0 Å². The van der Waals surface area contributed by atoms with Gasteiger partial charge in [0.1, 0.15) is 0 Å². The average Bonchev–Trinajstić information content (AvgIpc) is 2.16. The Morgan fingerprint density at radius 1 is 1.36 bits per heavy atom. The van der Waals surface area contributed by atoms with Gasteiger partial charge in [-0.25, -0.2) is 0 Å². The Kier molecular flexibility index (Phi) is 4.38. The predicted molar refractivity (Wildman–Crippen MR) is 63.6 cm³/mol. The summed E-state index contributed by atoms with van der Waals surface area (Å²) in [7, 11) is 0. The molecule has 0 aliphatic heterocycles. The van der Waals surface area contributed by atoms with Crippen LogP contribution in [-0.4, -0.2) is 5.17 Å². The molecule has 76 valence electrons. The van der Waals surface area contributed by atoms with Gasteiger partial charge in [0, 0.05) is 15.8 Å². The average molecular weight is 250 g/mol. The zero-order chi connectivity index (χ0) is 10.6. The van der Waals surface area contributed by atoms with Crippen LogP contribution in [0.5, 0.6) is 0 Å². The molecule has 0 aromatic heterocycles. The Balaban J connectivity index is 2.76. The second-order valence-corrected chi connectivity index (χ2v) is 4.27. The van der Waals surface area contributed by atoms with E-state index >= 15 is 0 Å². The third-order valence-electron chi connectivity index (χ3n) is 1.55. The van der Waals surface area contributed by atoms with Crippen molar-refractivity contribution in [2.45, 2.75) is 5.75 Å². The molecule has 0 spiro atoms. The fourth-order valence-corrected chi connectivity index (χ4v) is 2.22. The highest BCUT2D eigenvalue weighted by Crippen LogP contribution is 2.27. The Morgan fingerprint density at radius 2 is 1.93 bits per heavy atom. The van der Waals surface area contributed by atoms with E-state index in [2.05, 4.69) is 5.10 Å². The number of nitrogens with two attached hydrogens (primary N) is 2. The van der Waals surface area contributed by atoms with Gasteiger partial charge in [0.25, 0.3) is 0 Å². The molecule has 0 bridgehead atoms. The first-order valence-electron chi connectivity index (χ1n) is 3.74. The molecule has 0 radical (unpaired) electrons. The number of hydrogen-bond acceptors (Lipinski definition) is 3. The van der Waals surface area contributed by atoms with E-state index in [1.807, 2.05) is 0 Å². The molecule has 0 unspecified atom stereocenters. The van der Waals surface area contributed by atoms with E-state index in [4.69, 9.17) is 34.8 Å². The Labute approximate surface area is 96.4 Å². The van der Waals surface area contributed by atoms with Crippen LogP contribution in [0.2, 0.25) is 10.0 Å². The summed E-state index contributed by atoms with van der Waals surface area (Å²) in [5.41, 5.74) is 6.26. The van der Waals surface area contributed by atoms with Crippen LogP contribution in [0, 0.1) is 0 Å². The van der Waals surface area contributed by atoms with Crippen molar-refractivity contribution >= 4 is 40.1 Å². The summed E-state index contributed by atoms with van der Waals surface area (Å²) < 4.78 is 0. The van der Waals surface area contributed by atoms with Crippen LogP contribution in [0.4, 0.5) is 0 Å². The van der Waals surface area contributed by atoms with Crippen molar-refractivity contribution in [2.75, 3.05) is 0 Å². The molecule has 4 N–H and O–H groups in total. The molecule has 0 amide bonds. The maximum Gasteiger partial charge on any atom is 0.177 e. The van der Waals surface area contributed by atoms with Gasteiger partial charge in [0.2, 0.25) is 0 Å². The smallest absolute Gasteiger partial charge is 0.177 e. The maximum absolute atomic E-state index is 5.95. The van der Waals surface area contributed by atoms with Crippen LogP contribution in [0.25, 0.3) is 0 Å². The van der Waals surface area contributed by atoms with E-state index in [0.717, 1.165) is 5.56 Å². The van der Waals surface area contributed by atoms with Gasteiger partial charge in [-0.15, -0.1) is 0 Å². The standard InChI is InChI=1S/C8H9Cl2N3S/c9-6-2-1-3-7(10)5(6)4-14-8(11)13-12/h1-3H,4,12H2,(H2,11,13). The molecule has 1 aromatic rings. The first kappa shape index (κ1) is 11.5. The van der Waals surface area contributed by atoms with E-state index in [1.165, 1.54) is 11.8 Å². The fraction of sp³-hybridized carbons (Fsp3) is 0.125. The van der Waals surface area contributed by atoms with Gasteiger partial charge in [0.15, 0.2) is 5.17 Å². The van der Waals surface area contributed by atoms with Crippen LogP contribution < -0.4 is 11.6 Å². The van der Waals surface area contributed by atoms with E-state index in [1.54, 1.807) is 18.2 Å². The summed E-state index contributed by atoms with van der Waals surface area (Å²) in [5.74, 6) is 5.55. The molecular weight excluding hydrogens is 241 g/mol. The number of hydrazone groups is 1. The first-order chi connectivity index (χ1) is 6.65. The number of nitrogens with zero attached hydrogens (tertiary/aromatic N) is 1. The van der Waals surface area contributed by atoms with Crippen LogP contribution in [-0.2, 0) is 5.75 Å². The molecule has 6 heteroatoms. The molecule has 0 fully saturated rings. The normalized spacial score (nSPS) is 11.7. The van der Waals surface area contributed by atoms with E-state index in [0.29, 0.717) is 21.0 Å². The number of amidine groups is 1. The lowest BCUT2D eigenvalue weighted by Crippen LogP contribution is -2.09. The lowest BCUT2D eigenvalue weighted by molar-refractivity contribution is 1.25. The molecule has 0 aliphatic rings. The Bertz CT molecular complexity index is 334. The van der Waals surface area contributed by atoms with Crippen molar-refractivity contribution < 1.29 is 0 Å². The summed E-state index contributed by atoms with van der Waals surface area (Å²) in [6.45, 7) is 0. The van der Waals surface area contributed by atoms with Crippen LogP contribution in [0.3, 0.4) is 0 Å². The van der Waals surface area contributed by atoms with Gasteiger partial charge >= 0.3 is 0 Å². The summed E-state index contributed by atoms with van der Waals surface area (Å²) in [6.07, 6.45) is 0. The van der Waals surface area contributed by atoms with Gasteiger partial charge in [0.05, 0.1) is 0 Å². The van der Waals surface area contributed by atoms with Gasteiger partial charge < -0.3 is 11.6 Å². The molecule has 0 heterocycles. The molecule has 0 atom stereocenters. The Morgan fingerprint density at radius 3 is 2.43 bits per heavy atom. The lowest BCUT2D eigenvalue weighted by Gasteiger charge is -2.05. The number of rotatable bonds is 2. The fourth-order valence-electron chi connectivity index (χ4n) is 0.854. The Hall–Kier alpha value is -0.580. The molecule has 14 heavy (non-hydrogen) atoms. The molecule has 0 aliphatic carbocycles. The van der Waals surface area contributed by atoms with Crippen LogP contribution in [0.1, 0.15) is 5.56 Å². The van der Waals surface area contributed by atoms with Crippen molar-refractivity contribution in [2.24, 2.45) is 16.7 Å². The third-order valence-corrected chi connectivity index (χ3v) is 3.10. The topological polar surface area (TPSA) is 64.4 Å². The number of thioether (sulfide) groups is 1.